The van der Waals surface area contributed by atoms with E-state index < -0.39 is 0 Å². The van der Waals surface area contributed by atoms with Crippen molar-refractivity contribution >= 4 is 45.7 Å². The number of para-hydroxylation sites is 1. The zero-order valence-electron chi connectivity index (χ0n) is 16.7. The number of nitrogens with zero attached hydrogens (tertiary/aromatic N) is 2. The molecule has 3 aromatic rings. The second kappa shape index (κ2) is 8.80. The molecule has 1 amide bonds. The molecule has 0 unspecified atom stereocenters. The van der Waals surface area contributed by atoms with E-state index >= 15 is 0 Å². The number of aromatic nitrogens is 1. The first kappa shape index (κ1) is 20.9. The van der Waals surface area contributed by atoms with E-state index in [1.807, 2.05) is 31.2 Å². The number of fused-ring (bicyclic) bond motifs is 1. The highest BCUT2D eigenvalue weighted by molar-refractivity contribution is 6.32. The van der Waals surface area contributed by atoms with Gasteiger partial charge in [0.2, 0.25) is 5.91 Å². The SMILES string of the molecule is Cc1c(Cl)c(CN2CCC(C(=O)Nc3cc(Cl)ccc3O)CC2)nc2ccccc12. The summed E-state index contributed by atoms with van der Waals surface area (Å²) in [4.78, 5) is 19.7. The van der Waals surface area contributed by atoms with Gasteiger partial charge in [0.15, 0.2) is 0 Å². The monoisotopic (exact) mass is 443 g/mol. The number of aryl methyl sites for hydroxylation is 1. The summed E-state index contributed by atoms with van der Waals surface area (Å²) >= 11 is 12.6. The Hall–Kier alpha value is -2.34. The van der Waals surface area contributed by atoms with Crippen LogP contribution in [0, 0.1) is 12.8 Å². The molecule has 2 aromatic carbocycles. The number of aromatic hydroxyl groups is 1. The van der Waals surface area contributed by atoms with Gasteiger partial charge in [0.1, 0.15) is 5.75 Å². The van der Waals surface area contributed by atoms with Crippen LogP contribution in [0.4, 0.5) is 5.69 Å². The van der Waals surface area contributed by atoms with Gasteiger partial charge < -0.3 is 10.4 Å². The van der Waals surface area contributed by atoms with Crippen LogP contribution in [-0.4, -0.2) is 34.0 Å². The van der Waals surface area contributed by atoms with Crippen LogP contribution in [0.2, 0.25) is 10.0 Å². The Labute approximate surface area is 185 Å². The fourth-order valence-corrected chi connectivity index (χ4v) is 4.31. The summed E-state index contributed by atoms with van der Waals surface area (Å²) in [6, 6.07) is 12.6. The van der Waals surface area contributed by atoms with Crippen molar-refractivity contribution < 1.29 is 9.90 Å². The van der Waals surface area contributed by atoms with E-state index in [1.165, 1.54) is 6.07 Å². The Morgan fingerprint density at radius 1 is 1.20 bits per heavy atom. The summed E-state index contributed by atoms with van der Waals surface area (Å²) < 4.78 is 0. The molecule has 2 heterocycles. The lowest BCUT2D eigenvalue weighted by Gasteiger charge is -2.31. The second-order valence-corrected chi connectivity index (χ2v) is 8.53. The summed E-state index contributed by atoms with van der Waals surface area (Å²) in [5, 5.41) is 15.0. The van der Waals surface area contributed by atoms with Crippen LogP contribution < -0.4 is 5.32 Å². The first-order valence-electron chi connectivity index (χ1n) is 9.98. The molecule has 1 fully saturated rings. The molecule has 1 saturated heterocycles. The van der Waals surface area contributed by atoms with E-state index in [4.69, 9.17) is 28.2 Å². The molecular formula is C23H23Cl2N3O2. The Morgan fingerprint density at radius 2 is 1.93 bits per heavy atom. The number of carbonyl (C=O) groups excluding carboxylic acids is 1. The number of anilines is 1. The summed E-state index contributed by atoms with van der Waals surface area (Å²) in [5.41, 5.74) is 3.22. The molecule has 4 rings (SSSR count). The molecule has 2 N–H and O–H groups in total. The highest BCUT2D eigenvalue weighted by Crippen LogP contribution is 2.30. The van der Waals surface area contributed by atoms with Crippen LogP contribution >= 0.6 is 23.2 Å². The lowest BCUT2D eigenvalue weighted by molar-refractivity contribution is -0.121. The molecule has 156 valence electrons. The highest BCUT2D eigenvalue weighted by atomic mass is 35.5. The molecular weight excluding hydrogens is 421 g/mol. The molecule has 1 aromatic heterocycles. The number of phenols is 1. The molecule has 1 aliphatic rings. The predicted molar refractivity (Wildman–Crippen MR) is 121 cm³/mol. The predicted octanol–water partition coefficient (Wildman–Crippen LogP) is 5.41. The van der Waals surface area contributed by atoms with Crippen molar-refractivity contribution in [3.8, 4) is 5.75 Å². The van der Waals surface area contributed by atoms with Crippen molar-refractivity contribution in [2.24, 2.45) is 5.92 Å². The normalized spacial score (nSPS) is 15.4. The maximum atomic E-state index is 12.6. The number of hydrogen-bond acceptors (Lipinski definition) is 4. The molecule has 7 heteroatoms. The topological polar surface area (TPSA) is 65.5 Å². The van der Waals surface area contributed by atoms with E-state index in [0.717, 1.165) is 48.1 Å². The fraction of sp³-hybridized carbons (Fsp3) is 0.304. The standard InChI is InChI=1S/C23H23Cl2N3O2/c1-14-17-4-2-3-5-18(17)26-20(22(14)25)13-28-10-8-15(9-11-28)23(30)27-19-12-16(24)6-7-21(19)29/h2-7,12,15,29H,8-11,13H2,1H3,(H,27,30). The van der Waals surface area contributed by atoms with Gasteiger partial charge in [-0.15, -0.1) is 0 Å². The summed E-state index contributed by atoms with van der Waals surface area (Å²) in [6.07, 6.45) is 1.47. The van der Waals surface area contributed by atoms with E-state index in [-0.39, 0.29) is 17.6 Å². The van der Waals surface area contributed by atoms with E-state index in [1.54, 1.807) is 12.1 Å². The molecule has 0 spiro atoms. The Morgan fingerprint density at radius 3 is 2.70 bits per heavy atom. The zero-order chi connectivity index (χ0) is 21.3. The average molecular weight is 444 g/mol. The lowest BCUT2D eigenvalue weighted by Crippen LogP contribution is -2.38. The minimum atomic E-state index is -0.110. The lowest BCUT2D eigenvalue weighted by atomic mass is 9.95. The van der Waals surface area contributed by atoms with Gasteiger partial charge in [0.25, 0.3) is 0 Å². The van der Waals surface area contributed by atoms with Crippen molar-refractivity contribution in [1.82, 2.24) is 9.88 Å². The Bertz CT molecular complexity index is 1100. The quantitative estimate of drug-likeness (QED) is 0.529. The van der Waals surface area contributed by atoms with Crippen molar-refractivity contribution in [1.29, 1.82) is 0 Å². The van der Waals surface area contributed by atoms with Gasteiger partial charge in [-0.2, -0.15) is 0 Å². The minimum absolute atomic E-state index is 0.0116. The number of rotatable bonds is 4. The van der Waals surface area contributed by atoms with Crippen LogP contribution in [0.3, 0.4) is 0 Å². The summed E-state index contributed by atoms with van der Waals surface area (Å²) in [6.45, 7) is 4.25. The molecule has 30 heavy (non-hydrogen) atoms. The summed E-state index contributed by atoms with van der Waals surface area (Å²) in [7, 11) is 0. The maximum Gasteiger partial charge on any atom is 0.227 e. The Kier molecular flexibility index (Phi) is 6.14. The van der Waals surface area contributed by atoms with Crippen molar-refractivity contribution in [2.75, 3.05) is 18.4 Å². The molecule has 0 aliphatic carbocycles. The van der Waals surface area contributed by atoms with Gasteiger partial charge in [0.05, 0.1) is 21.9 Å². The van der Waals surface area contributed by atoms with Crippen LogP contribution in [-0.2, 0) is 11.3 Å². The van der Waals surface area contributed by atoms with Crippen molar-refractivity contribution in [3.05, 3.63) is 63.8 Å². The number of benzene rings is 2. The van der Waals surface area contributed by atoms with Crippen molar-refractivity contribution in [2.45, 2.75) is 26.3 Å². The van der Waals surface area contributed by atoms with Gasteiger partial charge in [-0.05, 0) is 62.7 Å². The first-order chi connectivity index (χ1) is 14.4. The van der Waals surface area contributed by atoms with Gasteiger partial charge in [-0.3, -0.25) is 9.69 Å². The maximum absolute atomic E-state index is 12.6. The van der Waals surface area contributed by atoms with Crippen LogP contribution in [0.5, 0.6) is 5.75 Å². The van der Waals surface area contributed by atoms with Crippen LogP contribution in [0.25, 0.3) is 10.9 Å². The number of amides is 1. The molecule has 1 aliphatic heterocycles. The molecule has 5 nitrogen and oxygen atoms in total. The van der Waals surface area contributed by atoms with Gasteiger partial charge in [0, 0.05) is 22.9 Å². The number of likely N-dealkylation sites (tertiary alicyclic amines) is 1. The van der Waals surface area contributed by atoms with Gasteiger partial charge in [-0.25, -0.2) is 4.98 Å². The van der Waals surface area contributed by atoms with Gasteiger partial charge >= 0.3 is 0 Å². The second-order valence-electron chi connectivity index (χ2n) is 7.72. The number of piperidine rings is 1. The molecule has 0 radical (unpaired) electrons. The van der Waals surface area contributed by atoms with Gasteiger partial charge in [-0.1, -0.05) is 41.4 Å². The van der Waals surface area contributed by atoms with E-state index in [2.05, 4.69) is 10.2 Å². The number of carbonyl (C=O) groups is 1. The zero-order valence-corrected chi connectivity index (χ0v) is 18.2. The Balaban J connectivity index is 1.39. The minimum Gasteiger partial charge on any atom is -0.506 e. The fourth-order valence-electron chi connectivity index (χ4n) is 3.93. The first-order valence-corrected chi connectivity index (χ1v) is 10.7. The largest absolute Gasteiger partial charge is 0.506 e. The third-order valence-electron chi connectivity index (χ3n) is 5.69. The third-order valence-corrected chi connectivity index (χ3v) is 6.43. The van der Waals surface area contributed by atoms with Crippen LogP contribution in [0.15, 0.2) is 42.5 Å². The number of nitrogens with one attached hydrogen (secondary N) is 1. The highest BCUT2D eigenvalue weighted by Gasteiger charge is 2.26. The van der Waals surface area contributed by atoms with Crippen molar-refractivity contribution in [3.63, 3.8) is 0 Å². The smallest absolute Gasteiger partial charge is 0.227 e. The molecule has 0 saturated carbocycles. The van der Waals surface area contributed by atoms with E-state index in [0.29, 0.717) is 22.3 Å². The average Bonchev–Trinajstić information content (AvgIpc) is 2.75. The number of halogens is 2. The van der Waals surface area contributed by atoms with Crippen LogP contribution in [0.1, 0.15) is 24.1 Å². The van der Waals surface area contributed by atoms with E-state index in [9.17, 15) is 9.90 Å². The number of phenolic OH excluding ortho intramolecular Hbond substituents is 1. The third kappa shape index (κ3) is 4.38. The number of hydrogen-bond donors (Lipinski definition) is 2. The molecule has 0 atom stereocenters. The summed E-state index contributed by atoms with van der Waals surface area (Å²) in [5.74, 6) is -0.191. The molecule has 0 bridgehead atoms. The number of pyridine rings is 1.